The first-order valence-electron chi connectivity index (χ1n) is 6.26. The molecule has 3 heteroatoms. The second-order valence-corrected chi connectivity index (χ2v) is 4.74. The summed E-state index contributed by atoms with van der Waals surface area (Å²) in [5, 5.41) is 0. The Hall–Kier alpha value is -2.13. The van der Waals surface area contributed by atoms with E-state index in [0.29, 0.717) is 6.42 Å². The van der Waals surface area contributed by atoms with Gasteiger partial charge < -0.3 is 0 Å². The summed E-state index contributed by atoms with van der Waals surface area (Å²) in [5.41, 5.74) is 1.37. The van der Waals surface area contributed by atoms with Crippen molar-refractivity contribution in [2.75, 3.05) is 0 Å². The molecule has 1 atom stereocenters. The van der Waals surface area contributed by atoms with Gasteiger partial charge in [-0.1, -0.05) is 60.7 Å². The fourth-order valence-electron chi connectivity index (χ4n) is 2.43. The molecule has 3 nitrogen and oxygen atoms in total. The van der Waals surface area contributed by atoms with Gasteiger partial charge in [0, 0.05) is 6.42 Å². The Morgan fingerprint density at radius 1 is 0.947 bits per heavy atom. The standard InChI is InChI=1S/C16H14O3/c17-15-12-16(19-18-15,14-9-5-2-6-10-14)11-13-7-3-1-4-8-13/h1-10H,11-12H2/t16-/m1/s1. The summed E-state index contributed by atoms with van der Waals surface area (Å²) in [6, 6.07) is 19.7. The molecule has 0 saturated carbocycles. The Balaban J connectivity index is 1.96. The number of rotatable bonds is 3. The van der Waals surface area contributed by atoms with Gasteiger partial charge in [-0.3, -0.25) is 4.89 Å². The summed E-state index contributed by atoms with van der Waals surface area (Å²) in [6.07, 6.45) is 0.857. The first kappa shape index (κ1) is 11.9. The number of carbonyl (C=O) groups is 1. The van der Waals surface area contributed by atoms with Gasteiger partial charge in [-0.15, -0.1) is 0 Å². The predicted molar refractivity (Wildman–Crippen MR) is 70.1 cm³/mol. The molecule has 19 heavy (non-hydrogen) atoms. The van der Waals surface area contributed by atoms with Crippen LogP contribution in [0.1, 0.15) is 17.5 Å². The third-order valence-electron chi connectivity index (χ3n) is 3.36. The lowest BCUT2D eigenvalue weighted by molar-refractivity contribution is -0.298. The topological polar surface area (TPSA) is 35.5 Å². The summed E-state index contributed by atoms with van der Waals surface area (Å²) in [4.78, 5) is 21.6. The van der Waals surface area contributed by atoms with Crippen LogP contribution in [0.2, 0.25) is 0 Å². The van der Waals surface area contributed by atoms with Gasteiger partial charge in [0.05, 0.1) is 6.42 Å². The second kappa shape index (κ2) is 4.86. The molecule has 0 N–H and O–H groups in total. The molecular formula is C16H14O3. The molecule has 2 aromatic rings. The van der Waals surface area contributed by atoms with Crippen molar-refractivity contribution in [1.29, 1.82) is 0 Å². The summed E-state index contributed by atoms with van der Waals surface area (Å²) >= 11 is 0. The number of hydrogen-bond acceptors (Lipinski definition) is 3. The van der Waals surface area contributed by atoms with Gasteiger partial charge in [-0.2, -0.15) is 4.89 Å². The van der Waals surface area contributed by atoms with E-state index >= 15 is 0 Å². The van der Waals surface area contributed by atoms with E-state index < -0.39 is 5.60 Å². The minimum Gasteiger partial charge on any atom is -0.297 e. The highest BCUT2D eigenvalue weighted by atomic mass is 17.2. The van der Waals surface area contributed by atoms with Crippen molar-refractivity contribution in [3.63, 3.8) is 0 Å². The van der Waals surface area contributed by atoms with E-state index in [4.69, 9.17) is 9.78 Å². The van der Waals surface area contributed by atoms with Crippen molar-refractivity contribution in [1.82, 2.24) is 0 Å². The highest BCUT2D eigenvalue weighted by Gasteiger charge is 2.44. The molecule has 1 aliphatic heterocycles. The maximum Gasteiger partial charge on any atom is 0.345 e. The summed E-state index contributed by atoms with van der Waals surface area (Å²) in [5.74, 6) is -0.320. The third-order valence-corrected chi connectivity index (χ3v) is 3.36. The Bertz CT molecular complexity index is 565. The molecule has 96 valence electrons. The minimum atomic E-state index is -0.709. The Morgan fingerprint density at radius 2 is 1.58 bits per heavy atom. The molecule has 0 aromatic heterocycles. The number of benzene rings is 2. The smallest absolute Gasteiger partial charge is 0.297 e. The fraction of sp³-hybridized carbons (Fsp3) is 0.188. The molecule has 0 bridgehead atoms. The van der Waals surface area contributed by atoms with Gasteiger partial charge in [0.25, 0.3) is 0 Å². The largest absolute Gasteiger partial charge is 0.345 e. The number of hydrogen-bond donors (Lipinski definition) is 0. The Morgan fingerprint density at radius 3 is 2.16 bits per heavy atom. The van der Waals surface area contributed by atoms with Crippen LogP contribution in [0.15, 0.2) is 60.7 Å². The second-order valence-electron chi connectivity index (χ2n) is 4.74. The minimum absolute atomic E-state index is 0.242. The highest BCUT2D eigenvalue weighted by Crippen LogP contribution is 2.38. The van der Waals surface area contributed by atoms with Crippen LogP contribution in [0.25, 0.3) is 0 Å². The molecular weight excluding hydrogens is 240 g/mol. The molecule has 0 radical (unpaired) electrons. The molecule has 1 fully saturated rings. The van der Waals surface area contributed by atoms with Gasteiger partial charge in [0.15, 0.2) is 5.60 Å². The number of carbonyl (C=O) groups excluding carboxylic acids is 1. The molecule has 3 rings (SSSR count). The quantitative estimate of drug-likeness (QED) is 0.790. The zero-order valence-electron chi connectivity index (χ0n) is 10.4. The monoisotopic (exact) mass is 254 g/mol. The van der Waals surface area contributed by atoms with E-state index in [1.54, 1.807) is 0 Å². The normalized spacial score (nSPS) is 22.2. The van der Waals surface area contributed by atoms with E-state index in [1.165, 1.54) is 0 Å². The molecule has 0 unspecified atom stereocenters. The van der Waals surface area contributed by atoms with Crippen LogP contribution in [0, 0.1) is 0 Å². The maximum atomic E-state index is 11.5. The van der Waals surface area contributed by atoms with E-state index in [2.05, 4.69) is 0 Å². The highest BCUT2D eigenvalue weighted by molar-refractivity contribution is 5.72. The SMILES string of the molecule is O=C1C[C@](Cc2ccccc2)(c2ccccc2)OO1. The average molecular weight is 254 g/mol. The van der Waals surface area contributed by atoms with Crippen molar-refractivity contribution < 1.29 is 14.6 Å². The Labute approximate surface area is 111 Å². The lowest BCUT2D eigenvalue weighted by Gasteiger charge is -2.24. The van der Waals surface area contributed by atoms with Crippen LogP contribution >= 0.6 is 0 Å². The van der Waals surface area contributed by atoms with Crippen molar-refractivity contribution in [2.24, 2.45) is 0 Å². The van der Waals surface area contributed by atoms with E-state index in [9.17, 15) is 4.79 Å². The van der Waals surface area contributed by atoms with E-state index in [0.717, 1.165) is 11.1 Å². The third kappa shape index (κ3) is 2.37. The first-order valence-corrected chi connectivity index (χ1v) is 6.26. The van der Waals surface area contributed by atoms with Crippen LogP contribution in [0.4, 0.5) is 0 Å². The van der Waals surface area contributed by atoms with Gasteiger partial charge in [-0.05, 0) is 11.1 Å². The van der Waals surface area contributed by atoms with Crippen LogP contribution in [-0.2, 0) is 26.6 Å². The predicted octanol–water partition coefficient (Wildman–Crippen LogP) is 3.00. The molecule has 0 spiro atoms. The van der Waals surface area contributed by atoms with Gasteiger partial charge in [0.1, 0.15) is 0 Å². The zero-order valence-corrected chi connectivity index (χ0v) is 10.4. The fourth-order valence-corrected chi connectivity index (χ4v) is 2.43. The molecule has 0 aliphatic carbocycles. The molecule has 1 aliphatic rings. The molecule has 0 amide bonds. The van der Waals surface area contributed by atoms with Crippen LogP contribution < -0.4 is 0 Å². The summed E-state index contributed by atoms with van der Waals surface area (Å²) < 4.78 is 0. The van der Waals surface area contributed by atoms with E-state index in [1.807, 2.05) is 60.7 Å². The van der Waals surface area contributed by atoms with Gasteiger partial charge >= 0.3 is 5.97 Å². The van der Waals surface area contributed by atoms with Crippen molar-refractivity contribution >= 4 is 5.97 Å². The van der Waals surface area contributed by atoms with Crippen LogP contribution in [0.5, 0.6) is 0 Å². The van der Waals surface area contributed by atoms with Crippen molar-refractivity contribution in [2.45, 2.75) is 18.4 Å². The van der Waals surface area contributed by atoms with Gasteiger partial charge in [-0.25, -0.2) is 4.79 Å². The van der Waals surface area contributed by atoms with Crippen LogP contribution in [0.3, 0.4) is 0 Å². The molecule has 1 heterocycles. The summed E-state index contributed by atoms with van der Waals surface area (Å²) in [7, 11) is 0. The van der Waals surface area contributed by atoms with E-state index in [-0.39, 0.29) is 12.4 Å². The average Bonchev–Trinajstić information content (AvgIpc) is 2.83. The lowest BCUT2D eigenvalue weighted by Crippen LogP contribution is -2.28. The molecule has 2 aromatic carbocycles. The van der Waals surface area contributed by atoms with Gasteiger partial charge in [0.2, 0.25) is 0 Å². The molecule has 1 saturated heterocycles. The Kier molecular flexibility index (Phi) is 3.05. The zero-order chi connectivity index (χ0) is 13.1. The van der Waals surface area contributed by atoms with Crippen molar-refractivity contribution in [3.05, 3.63) is 71.8 Å². The van der Waals surface area contributed by atoms with Crippen molar-refractivity contribution in [3.8, 4) is 0 Å². The summed E-state index contributed by atoms with van der Waals surface area (Å²) in [6.45, 7) is 0. The van der Waals surface area contributed by atoms with Crippen LogP contribution in [-0.4, -0.2) is 5.97 Å². The maximum absolute atomic E-state index is 11.5. The lowest BCUT2D eigenvalue weighted by atomic mass is 9.85. The first-order chi connectivity index (χ1) is 9.28.